The van der Waals surface area contributed by atoms with Crippen LogP contribution in [0.25, 0.3) is 10.6 Å². The molecule has 2 atom stereocenters. The van der Waals surface area contributed by atoms with Crippen molar-refractivity contribution in [3.63, 3.8) is 0 Å². The molecule has 2 aromatic heterocycles. The lowest BCUT2D eigenvalue weighted by Crippen LogP contribution is -2.34. The minimum Gasteiger partial charge on any atom is -0.328 e. The first-order valence-corrected chi connectivity index (χ1v) is 9.27. The lowest BCUT2D eigenvalue weighted by molar-refractivity contribution is -0.120. The summed E-state index contributed by atoms with van der Waals surface area (Å²) in [6, 6.07) is 4.35. The zero-order valence-corrected chi connectivity index (χ0v) is 15.7. The highest BCUT2D eigenvalue weighted by Crippen LogP contribution is 2.35. The summed E-state index contributed by atoms with van der Waals surface area (Å²) in [6.07, 6.45) is 3.78. The Kier molecular flexibility index (Phi) is 6.19. The maximum absolute atomic E-state index is 12.4. The van der Waals surface area contributed by atoms with E-state index in [1.165, 1.54) is 4.88 Å². The van der Waals surface area contributed by atoms with Crippen molar-refractivity contribution >= 4 is 46.1 Å². The largest absolute Gasteiger partial charge is 0.328 e. The summed E-state index contributed by atoms with van der Waals surface area (Å²) in [4.78, 5) is 20.6. The first-order chi connectivity index (χ1) is 10.5. The van der Waals surface area contributed by atoms with E-state index >= 15 is 0 Å². The van der Waals surface area contributed by atoms with Crippen LogP contribution in [0.15, 0.2) is 12.1 Å². The van der Waals surface area contributed by atoms with E-state index in [0.29, 0.717) is 5.13 Å². The number of nitrogens with one attached hydrogen (secondary N) is 1. The maximum Gasteiger partial charge on any atom is 0.229 e. The predicted octanol–water partition coefficient (Wildman–Crippen LogP) is 4.37. The van der Waals surface area contributed by atoms with Crippen LogP contribution >= 0.6 is 35.1 Å². The standard InChI is InChI=1S/C16H21N3OS2.ClH/c1-9-6-7-13(21-9)14-10(2)22-16(18-14)19-15(20)11-4-3-5-12(17)8-11;/h6-7,11-12H,3-5,8,17H2,1-2H3,(H,18,19,20);1H. The molecule has 23 heavy (non-hydrogen) atoms. The molecule has 3 N–H and O–H groups in total. The number of carbonyl (C=O) groups is 1. The van der Waals surface area contributed by atoms with Crippen LogP contribution in [0.4, 0.5) is 5.13 Å². The van der Waals surface area contributed by atoms with E-state index in [1.54, 1.807) is 22.7 Å². The van der Waals surface area contributed by atoms with Gasteiger partial charge in [-0.05, 0) is 45.2 Å². The van der Waals surface area contributed by atoms with Crippen molar-refractivity contribution in [1.82, 2.24) is 4.98 Å². The summed E-state index contributed by atoms with van der Waals surface area (Å²) in [5.74, 6) is 0.0956. The van der Waals surface area contributed by atoms with Crippen molar-refractivity contribution < 1.29 is 4.79 Å². The number of aromatic nitrogens is 1. The monoisotopic (exact) mass is 371 g/mol. The van der Waals surface area contributed by atoms with Crippen molar-refractivity contribution in [1.29, 1.82) is 0 Å². The number of thiophene rings is 1. The van der Waals surface area contributed by atoms with Gasteiger partial charge in [0.05, 0.1) is 10.6 Å². The number of amides is 1. The third kappa shape index (κ3) is 4.32. The number of nitrogens with two attached hydrogens (primary N) is 1. The topological polar surface area (TPSA) is 68.0 Å². The van der Waals surface area contributed by atoms with E-state index in [2.05, 4.69) is 29.4 Å². The van der Waals surface area contributed by atoms with Crippen molar-refractivity contribution in [2.75, 3.05) is 5.32 Å². The molecule has 0 bridgehead atoms. The summed E-state index contributed by atoms with van der Waals surface area (Å²) < 4.78 is 0. The van der Waals surface area contributed by atoms with Gasteiger partial charge in [-0.25, -0.2) is 4.98 Å². The molecule has 126 valence electrons. The Bertz CT molecular complexity index is 683. The molecule has 2 aromatic rings. The fourth-order valence-electron chi connectivity index (χ4n) is 2.91. The van der Waals surface area contributed by atoms with E-state index in [-0.39, 0.29) is 30.3 Å². The predicted molar refractivity (Wildman–Crippen MR) is 101 cm³/mol. The van der Waals surface area contributed by atoms with Crippen LogP contribution in [-0.4, -0.2) is 16.9 Å². The maximum atomic E-state index is 12.4. The Morgan fingerprint density at radius 1 is 1.30 bits per heavy atom. The Hall–Kier alpha value is -0.950. The lowest BCUT2D eigenvalue weighted by Gasteiger charge is -2.25. The number of halogens is 1. The van der Waals surface area contributed by atoms with Gasteiger partial charge in [-0.1, -0.05) is 6.42 Å². The van der Waals surface area contributed by atoms with Crippen LogP contribution in [0.3, 0.4) is 0 Å². The lowest BCUT2D eigenvalue weighted by atomic mass is 9.86. The fourth-order valence-corrected chi connectivity index (χ4v) is 4.72. The summed E-state index contributed by atoms with van der Waals surface area (Å²) in [5, 5.41) is 3.68. The number of thiazole rings is 1. The van der Waals surface area contributed by atoms with Crippen LogP contribution < -0.4 is 11.1 Å². The average molecular weight is 372 g/mol. The van der Waals surface area contributed by atoms with E-state index in [0.717, 1.165) is 41.1 Å². The Morgan fingerprint density at radius 2 is 2.09 bits per heavy atom. The van der Waals surface area contributed by atoms with Gasteiger partial charge in [-0.2, -0.15) is 0 Å². The summed E-state index contributed by atoms with van der Waals surface area (Å²) in [7, 11) is 0. The van der Waals surface area contributed by atoms with Gasteiger partial charge >= 0.3 is 0 Å². The second-order valence-electron chi connectivity index (χ2n) is 5.95. The quantitative estimate of drug-likeness (QED) is 0.841. The van der Waals surface area contributed by atoms with Gasteiger partial charge < -0.3 is 11.1 Å². The van der Waals surface area contributed by atoms with E-state index in [9.17, 15) is 4.79 Å². The SMILES string of the molecule is Cc1ccc(-c2nc(NC(=O)C3CCCC(N)C3)sc2C)s1.Cl. The smallest absolute Gasteiger partial charge is 0.229 e. The van der Waals surface area contributed by atoms with E-state index in [4.69, 9.17) is 5.73 Å². The summed E-state index contributed by atoms with van der Waals surface area (Å²) in [6.45, 7) is 4.14. The van der Waals surface area contributed by atoms with Crippen LogP contribution in [0, 0.1) is 19.8 Å². The average Bonchev–Trinajstić information content (AvgIpc) is 3.05. The van der Waals surface area contributed by atoms with E-state index in [1.807, 2.05) is 6.92 Å². The number of carbonyl (C=O) groups excluding carboxylic acids is 1. The highest BCUT2D eigenvalue weighted by atomic mass is 35.5. The Balaban J connectivity index is 0.00000192. The first kappa shape index (κ1) is 18.4. The van der Waals surface area contributed by atoms with Gasteiger partial charge in [0.2, 0.25) is 5.91 Å². The molecule has 1 aliphatic rings. The van der Waals surface area contributed by atoms with Gasteiger partial charge in [-0.3, -0.25) is 4.79 Å². The molecule has 4 nitrogen and oxygen atoms in total. The molecule has 1 amide bonds. The zero-order valence-electron chi connectivity index (χ0n) is 13.3. The van der Waals surface area contributed by atoms with Gasteiger partial charge in [0.25, 0.3) is 0 Å². The molecule has 1 saturated carbocycles. The van der Waals surface area contributed by atoms with Crippen LogP contribution in [0.5, 0.6) is 0 Å². The highest BCUT2D eigenvalue weighted by Gasteiger charge is 2.26. The number of aryl methyl sites for hydroxylation is 2. The van der Waals surface area contributed by atoms with Gasteiger partial charge in [-0.15, -0.1) is 35.1 Å². The molecule has 0 aliphatic heterocycles. The Labute approximate surface area is 150 Å². The molecule has 2 unspecified atom stereocenters. The molecular weight excluding hydrogens is 350 g/mol. The summed E-state index contributed by atoms with van der Waals surface area (Å²) >= 11 is 3.27. The first-order valence-electron chi connectivity index (χ1n) is 7.63. The normalized spacial score (nSPS) is 20.8. The van der Waals surface area contributed by atoms with Crippen LogP contribution in [0.2, 0.25) is 0 Å². The number of rotatable bonds is 3. The molecule has 7 heteroatoms. The molecule has 2 heterocycles. The zero-order chi connectivity index (χ0) is 15.7. The minimum atomic E-state index is 0. The number of hydrogen-bond acceptors (Lipinski definition) is 5. The van der Waals surface area contributed by atoms with Crippen molar-refractivity contribution in [3.8, 4) is 10.6 Å². The van der Waals surface area contributed by atoms with E-state index < -0.39 is 0 Å². The van der Waals surface area contributed by atoms with Crippen LogP contribution in [-0.2, 0) is 4.79 Å². The number of nitrogens with zero attached hydrogens (tertiary/aromatic N) is 1. The van der Waals surface area contributed by atoms with Crippen molar-refractivity contribution in [3.05, 3.63) is 21.9 Å². The molecule has 1 fully saturated rings. The molecule has 0 saturated heterocycles. The highest BCUT2D eigenvalue weighted by molar-refractivity contribution is 7.18. The van der Waals surface area contributed by atoms with Gasteiger partial charge in [0, 0.05) is 21.7 Å². The number of hydrogen-bond donors (Lipinski definition) is 2. The molecule has 0 aromatic carbocycles. The van der Waals surface area contributed by atoms with Gasteiger partial charge in [0.1, 0.15) is 0 Å². The summed E-state index contributed by atoms with van der Waals surface area (Å²) in [5.41, 5.74) is 6.96. The third-order valence-electron chi connectivity index (χ3n) is 4.09. The molecule has 0 spiro atoms. The number of anilines is 1. The van der Waals surface area contributed by atoms with Crippen LogP contribution in [0.1, 0.15) is 35.4 Å². The molecule has 3 rings (SSSR count). The fraction of sp³-hybridized carbons (Fsp3) is 0.500. The molecule has 0 radical (unpaired) electrons. The van der Waals surface area contributed by atoms with Gasteiger partial charge in [0.15, 0.2) is 5.13 Å². The van der Waals surface area contributed by atoms with Crippen molar-refractivity contribution in [2.24, 2.45) is 11.7 Å². The minimum absolute atomic E-state index is 0. The van der Waals surface area contributed by atoms with Crippen molar-refractivity contribution in [2.45, 2.75) is 45.6 Å². The molecule has 1 aliphatic carbocycles. The second-order valence-corrected chi connectivity index (χ2v) is 8.44. The Morgan fingerprint density at radius 3 is 2.74 bits per heavy atom. The second kappa shape index (κ2) is 7.75. The third-order valence-corrected chi connectivity index (χ3v) is 5.98. The molecular formula is C16H22ClN3OS2.